The zero-order chi connectivity index (χ0) is 20.6. The predicted molar refractivity (Wildman–Crippen MR) is 119 cm³/mol. The van der Waals surface area contributed by atoms with Crippen molar-refractivity contribution >= 4 is 33.4 Å². The molecule has 4 aliphatic rings. The second-order valence-corrected chi connectivity index (χ2v) is 9.39. The van der Waals surface area contributed by atoms with E-state index < -0.39 is 5.41 Å². The molecule has 2 atom stereocenters. The van der Waals surface area contributed by atoms with Crippen LogP contribution in [0.15, 0.2) is 77.3 Å². The van der Waals surface area contributed by atoms with Gasteiger partial charge >= 0.3 is 0 Å². The van der Waals surface area contributed by atoms with E-state index in [9.17, 15) is 9.59 Å². The Bertz CT molecular complexity index is 1190. The molecule has 0 saturated carbocycles. The van der Waals surface area contributed by atoms with Crippen LogP contribution in [0.1, 0.15) is 41.5 Å². The second-order valence-electron chi connectivity index (χ2n) is 8.47. The van der Waals surface area contributed by atoms with E-state index in [1.807, 2.05) is 36.4 Å². The molecule has 148 valence electrons. The molecule has 0 spiro atoms. The lowest BCUT2D eigenvalue weighted by Gasteiger charge is -2.54. The standard InChI is InChI=1S/C26H20BrNO2/c1-2-26-19-12-5-3-10-17(19)21(18-11-4-6-13-20(18)26)22-23(26)25(30)28(24(22)29)16-9-7-8-15(27)14-16/h3-14,21-23H,2H2,1H3/t21?,22-,23-,26?/m1/s1. The molecule has 0 N–H and O–H groups in total. The Morgan fingerprint density at radius 2 is 1.50 bits per heavy atom. The van der Waals surface area contributed by atoms with Gasteiger partial charge in [0.25, 0.3) is 0 Å². The Labute approximate surface area is 183 Å². The molecule has 1 fully saturated rings. The molecule has 3 aromatic carbocycles. The maximum atomic E-state index is 13.9. The number of carbonyl (C=O) groups is 2. The molecule has 0 aromatic heterocycles. The average molecular weight is 458 g/mol. The van der Waals surface area contributed by atoms with Crippen LogP contribution in [-0.2, 0) is 15.0 Å². The fourth-order valence-corrected chi connectivity index (χ4v) is 6.79. The molecule has 7 rings (SSSR count). The first kappa shape index (κ1) is 18.1. The first-order valence-electron chi connectivity index (χ1n) is 10.4. The highest BCUT2D eigenvalue weighted by Crippen LogP contribution is 2.65. The van der Waals surface area contributed by atoms with Crippen molar-refractivity contribution in [3.8, 4) is 0 Å². The minimum absolute atomic E-state index is 0.0704. The lowest BCUT2D eigenvalue weighted by molar-refractivity contribution is -0.123. The van der Waals surface area contributed by atoms with Gasteiger partial charge in [-0.05, 0) is 46.9 Å². The van der Waals surface area contributed by atoms with Gasteiger partial charge in [0.1, 0.15) is 0 Å². The first-order valence-corrected chi connectivity index (χ1v) is 11.2. The van der Waals surface area contributed by atoms with Crippen LogP contribution < -0.4 is 4.90 Å². The van der Waals surface area contributed by atoms with Gasteiger partial charge in [-0.3, -0.25) is 9.59 Å². The summed E-state index contributed by atoms with van der Waals surface area (Å²) >= 11 is 3.48. The summed E-state index contributed by atoms with van der Waals surface area (Å²) in [5.74, 6) is -0.955. The maximum Gasteiger partial charge on any atom is 0.238 e. The number of carbonyl (C=O) groups excluding carboxylic acids is 2. The molecule has 30 heavy (non-hydrogen) atoms. The van der Waals surface area contributed by atoms with Crippen LogP contribution in [0.25, 0.3) is 0 Å². The van der Waals surface area contributed by atoms with Crippen LogP contribution in [0.5, 0.6) is 0 Å². The summed E-state index contributed by atoms with van der Waals surface area (Å²) in [6, 6.07) is 24.3. The van der Waals surface area contributed by atoms with E-state index in [1.165, 1.54) is 27.2 Å². The van der Waals surface area contributed by atoms with Gasteiger partial charge in [-0.1, -0.05) is 77.5 Å². The normalized spacial score (nSPS) is 28.3. The van der Waals surface area contributed by atoms with Crippen molar-refractivity contribution in [1.82, 2.24) is 0 Å². The predicted octanol–water partition coefficient (Wildman–Crippen LogP) is 5.41. The molecular weight excluding hydrogens is 438 g/mol. The Morgan fingerprint density at radius 1 is 0.867 bits per heavy atom. The van der Waals surface area contributed by atoms with Gasteiger partial charge in [0.05, 0.1) is 17.5 Å². The SMILES string of the molecule is CCC12c3ccccc3C(c3ccccc31)[C@H]1C(=O)N(c3cccc(Br)c3)C(=O)[C@@H]12. The van der Waals surface area contributed by atoms with Gasteiger partial charge in [-0.15, -0.1) is 0 Å². The third kappa shape index (κ3) is 2.00. The summed E-state index contributed by atoms with van der Waals surface area (Å²) in [4.78, 5) is 29.2. The summed E-state index contributed by atoms with van der Waals surface area (Å²) in [6.45, 7) is 2.15. The van der Waals surface area contributed by atoms with Crippen molar-refractivity contribution in [3.05, 3.63) is 99.5 Å². The van der Waals surface area contributed by atoms with Crippen molar-refractivity contribution in [2.75, 3.05) is 4.90 Å². The monoisotopic (exact) mass is 457 g/mol. The summed E-state index contributed by atoms with van der Waals surface area (Å²) < 4.78 is 0.857. The number of halogens is 1. The Morgan fingerprint density at radius 3 is 2.10 bits per heavy atom. The molecule has 0 unspecified atom stereocenters. The van der Waals surface area contributed by atoms with Gasteiger partial charge in [0.2, 0.25) is 11.8 Å². The van der Waals surface area contributed by atoms with Crippen LogP contribution >= 0.6 is 15.9 Å². The highest BCUT2D eigenvalue weighted by Gasteiger charge is 2.67. The van der Waals surface area contributed by atoms with Gasteiger partial charge in [0, 0.05) is 15.8 Å². The molecular formula is C26H20BrNO2. The Hall–Kier alpha value is -2.72. The summed E-state index contributed by atoms with van der Waals surface area (Å²) in [7, 11) is 0. The zero-order valence-corrected chi connectivity index (χ0v) is 18.1. The lowest BCUT2D eigenvalue weighted by Crippen LogP contribution is -2.53. The van der Waals surface area contributed by atoms with E-state index >= 15 is 0 Å². The molecule has 1 saturated heterocycles. The highest BCUT2D eigenvalue weighted by molar-refractivity contribution is 9.10. The van der Waals surface area contributed by atoms with Crippen molar-refractivity contribution in [2.24, 2.45) is 11.8 Å². The van der Waals surface area contributed by atoms with E-state index in [0.29, 0.717) is 5.69 Å². The fraction of sp³-hybridized carbons (Fsp3) is 0.231. The number of amides is 2. The van der Waals surface area contributed by atoms with E-state index in [2.05, 4.69) is 59.3 Å². The third-order valence-electron chi connectivity index (χ3n) is 7.42. The molecule has 3 aromatic rings. The first-order chi connectivity index (χ1) is 14.6. The van der Waals surface area contributed by atoms with Gasteiger partial charge in [0.15, 0.2) is 0 Å². The molecule has 2 bridgehead atoms. The van der Waals surface area contributed by atoms with Crippen molar-refractivity contribution in [3.63, 3.8) is 0 Å². The van der Waals surface area contributed by atoms with Crippen molar-refractivity contribution in [2.45, 2.75) is 24.7 Å². The number of rotatable bonds is 2. The second kappa shape index (κ2) is 6.14. The number of anilines is 1. The van der Waals surface area contributed by atoms with Crippen molar-refractivity contribution < 1.29 is 9.59 Å². The summed E-state index contributed by atoms with van der Waals surface area (Å²) in [6.07, 6.45) is 0.778. The zero-order valence-electron chi connectivity index (χ0n) is 16.5. The van der Waals surface area contributed by atoms with Crippen LogP contribution in [0.3, 0.4) is 0 Å². The molecule has 4 heteroatoms. The highest BCUT2D eigenvalue weighted by atomic mass is 79.9. The van der Waals surface area contributed by atoms with Crippen LogP contribution in [0.4, 0.5) is 5.69 Å². The Kier molecular flexibility index (Phi) is 3.70. The lowest BCUT2D eigenvalue weighted by atomic mass is 9.46. The van der Waals surface area contributed by atoms with Crippen LogP contribution in [0, 0.1) is 11.8 Å². The van der Waals surface area contributed by atoms with E-state index in [0.717, 1.165) is 10.9 Å². The smallest absolute Gasteiger partial charge is 0.238 e. The van der Waals surface area contributed by atoms with Gasteiger partial charge in [-0.25, -0.2) is 4.90 Å². The van der Waals surface area contributed by atoms with Crippen LogP contribution in [0.2, 0.25) is 0 Å². The van der Waals surface area contributed by atoms with Gasteiger partial charge < -0.3 is 0 Å². The van der Waals surface area contributed by atoms with Gasteiger partial charge in [-0.2, -0.15) is 0 Å². The minimum Gasteiger partial charge on any atom is -0.274 e. The van der Waals surface area contributed by atoms with E-state index in [-0.39, 0.29) is 29.6 Å². The summed E-state index contributed by atoms with van der Waals surface area (Å²) in [5, 5.41) is 0. The summed E-state index contributed by atoms with van der Waals surface area (Å²) in [5.41, 5.74) is 5.02. The third-order valence-corrected chi connectivity index (χ3v) is 7.91. The number of hydrogen-bond acceptors (Lipinski definition) is 2. The average Bonchev–Trinajstić information content (AvgIpc) is 3.05. The quantitative estimate of drug-likeness (QED) is 0.482. The van der Waals surface area contributed by atoms with E-state index in [4.69, 9.17) is 0 Å². The molecule has 2 amide bonds. The molecule has 0 radical (unpaired) electrons. The number of imide groups is 1. The fourth-order valence-electron chi connectivity index (χ4n) is 6.40. The Balaban J connectivity index is 1.65. The molecule has 1 heterocycles. The number of nitrogens with zero attached hydrogens (tertiary/aromatic N) is 1. The van der Waals surface area contributed by atoms with Crippen molar-refractivity contribution in [1.29, 1.82) is 0 Å². The largest absolute Gasteiger partial charge is 0.274 e. The van der Waals surface area contributed by atoms with E-state index in [1.54, 1.807) is 0 Å². The molecule has 3 nitrogen and oxygen atoms in total. The number of benzene rings is 3. The minimum atomic E-state index is -0.472. The topological polar surface area (TPSA) is 37.4 Å². The molecule has 1 aliphatic heterocycles. The van der Waals surface area contributed by atoms with Crippen LogP contribution in [-0.4, -0.2) is 11.8 Å². The number of hydrogen-bond donors (Lipinski definition) is 0. The molecule has 3 aliphatic carbocycles. The maximum absolute atomic E-state index is 13.9.